The zero-order valence-corrected chi connectivity index (χ0v) is 10.4. The molecular weight excluding hydrogens is 272 g/mol. The Morgan fingerprint density at radius 1 is 1.10 bits per heavy atom. The Balaban J connectivity index is 2.40. The lowest BCUT2D eigenvalue weighted by molar-refractivity contribution is -0.138. The van der Waals surface area contributed by atoms with Crippen LogP contribution < -0.4 is 5.73 Å². The topological polar surface area (TPSA) is 38.9 Å². The highest BCUT2D eigenvalue weighted by atomic mass is 19.4. The third kappa shape index (κ3) is 2.96. The molecule has 0 saturated carbocycles. The van der Waals surface area contributed by atoms with Gasteiger partial charge in [0.1, 0.15) is 6.67 Å². The first kappa shape index (κ1) is 14.5. The summed E-state index contributed by atoms with van der Waals surface area (Å²) in [5.41, 5.74) is 5.88. The normalized spacial score (nSPS) is 13.2. The van der Waals surface area contributed by atoms with Gasteiger partial charge in [0.05, 0.1) is 11.6 Å². The number of halogens is 4. The number of benzene rings is 1. The van der Waals surface area contributed by atoms with E-state index in [0.717, 1.165) is 18.5 Å². The fourth-order valence-electron chi connectivity index (χ4n) is 1.91. The molecule has 20 heavy (non-hydrogen) atoms. The summed E-state index contributed by atoms with van der Waals surface area (Å²) >= 11 is 0. The predicted molar refractivity (Wildman–Crippen MR) is 66.5 cm³/mol. The number of pyridine rings is 1. The van der Waals surface area contributed by atoms with Crippen LogP contribution in [0.15, 0.2) is 42.7 Å². The number of nitrogens with zero attached hydrogens (tertiary/aromatic N) is 1. The maximum absolute atomic E-state index is 12.9. The van der Waals surface area contributed by atoms with E-state index in [0.29, 0.717) is 11.1 Å². The van der Waals surface area contributed by atoms with Crippen LogP contribution in [-0.4, -0.2) is 4.98 Å². The number of aromatic nitrogens is 1. The van der Waals surface area contributed by atoms with Crippen LogP contribution in [0.5, 0.6) is 0 Å². The highest BCUT2D eigenvalue weighted by Crippen LogP contribution is 2.35. The van der Waals surface area contributed by atoms with Crippen LogP contribution in [0.25, 0.3) is 0 Å². The minimum absolute atomic E-state index is 0.104. The van der Waals surface area contributed by atoms with Crippen molar-refractivity contribution < 1.29 is 17.6 Å². The molecule has 0 aliphatic rings. The summed E-state index contributed by atoms with van der Waals surface area (Å²) in [6.45, 7) is -0.629. The average Bonchev–Trinajstić information content (AvgIpc) is 2.46. The Kier molecular flexibility index (Phi) is 4.04. The lowest BCUT2D eigenvalue weighted by Crippen LogP contribution is -2.18. The van der Waals surface area contributed by atoms with Crippen LogP contribution in [-0.2, 0) is 12.9 Å². The SMILES string of the molecule is N[C@@H](c1ccc(CF)cc1)c1cnccc1C(F)(F)F. The molecule has 2 nitrogen and oxygen atoms in total. The summed E-state index contributed by atoms with van der Waals surface area (Å²) in [4.78, 5) is 3.70. The van der Waals surface area contributed by atoms with E-state index in [1.807, 2.05) is 0 Å². The van der Waals surface area contributed by atoms with Crippen LogP contribution >= 0.6 is 0 Å². The summed E-state index contributed by atoms with van der Waals surface area (Å²) in [7, 11) is 0. The number of rotatable bonds is 3. The molecule has 0 aliphatic heterocycles. The van der Waals surface area contributed by atoms with E-state index in [2.05, 4.69) is 4.98 Å². The fourth-order valence-corrected chi connectivity index (χ4v) is 1.91. The van der Waals surface area contributed by atoms with Crippen LogP contribution in [0, 0.1) is 0 Å². The summed E-state index contributed by atoms with van der Waals surface area (Å²) < 4.78 is 51.1. The van der Waals surface area contributed by atoms with E-state index in [9.17, 15) is 17.6 Å². The van der Waals surface area contributed by atoms with Crippen molar-refractivity contribution in [3.8, 4) is 0 Å². The van der Waals surface area contributed by atoms with Crippen LogP contribution in [0.4, 0.5) is 17.6 Å². The predicted octanol–water partition coefficient (Wildman–Crippen LogP) is 3.62. The molecule has 0 saturated heterocycles. The Hall–Kier alpha value is -1.95. The van der Waals surface area contributed by atoms with Gasteiger partial charge >= 0.3 is 6.18 Å². The average molecular weight is 284 g/mol. The van der Waals surface area contributed by atoms with Crippen molar-refractivity contribution in [2.45, 2.75) is 18.9 Å². The molecule has 0 aliphatic carbocycles. The minimum atomic E-state index is -4.49. The zero-order valence-electron chi connectivity index (χ0n) is 10.4. The van der Waals surface area contributed by atoms with Crippen molar-refractivity contribution in [2.75, 3.05) is 0 Å². The van der Waals surface area contributed by atoms with Crippen molar-refractivity contribution in [1.29, 1.82) is 0 Å². The standard InChI is InChI=1S/C14H12F4N2/c15-7-9-1-3-10(4-2-9)13(19)11-8-20-6-5-12(11)14(16,17)18/h1-6,8,13H,7,19H2/t13-/m0/s1. The number of nitrogens with two attached hydrogens (primary N) is 1. The molecule has 2 aromatic rings. The van der Waals surface area contributed by atoms with Gasteiger partial charge in [0.25, 0.3) is 0 Å². The van der Waals surface area contributed by atoms with E-state index in [-0.39, 0.29) is 5.56 Å². The van der Waals surface area contributed by atoms with Gasteiger partial charge in [-0.2, -0.15) is 13.2 Å². The van der Waals surface area contributed by atoms with Crippen LogP contribution in [0.1, 0.15) is 28.3 Å². The van der Waals surface area contributed by atoms with Crippen LogP contribution in [0.3, 0.4) is 0 Å². The molecule has 106 valence electrons. The lowest BCUT2D eigenvalue weighted by atomic mass is 9.96. The maximum Gasteiger partial charge on any atom is 0.416 e. The number of alkyl halides is 4. The van der Waals surface area contributed by atoms with E-state index in [1.54, 1.807) is 0 Å². The molecule has 1 heterocycles. The summed E-state index contributed by atoms with van der Waals surface area (Å²) in [6, 6.07) is 5.97. The monoisotopic (exact) mass is 284 g/mol. The molecule has 0 bridgehead atoms. The highest BCUT2D eigenvalue weighted by Gasteiger charge is 2.34. The first-order valence-corrected chi connectivity index (χ1v) is 5.85. The van der Waals surface area contributed by atoms with Gasteiger partial charge in [-0.3, -0.25) is 4.98 Å². The number of hydrogen-bond acceptors (Lipinski definition) is 2. The van der Waals surface area contributed by atoms with E-state index >= 15 is 0 Å². The Morgan fingerprint density at radius 3 is 2.30 bits per heavy atom. The van der Waals surface area contributed by atoms with Gasteiger partial charge in [-0.05, 0) is 17.2 Å². The Bertz CT molecular complexity index is 578. The summed E-state index contributed by atoms with van der Waals surface area (Å²) in [6.07, 6.45) is -2.31. The molecule has 1 aromatic heterocycles. The van der Waals surface area contributed by atoms with Crippen molar-refractivity contribution in [3.63, 3.8) is 0 Å². The van der Waals surface area contributed by atoms with Gasteiger partial charge in [-0.25, -0.2) is 4.39 Å². The Labute approximate surface area is 113 Å². The van der Waals surface area contributed by atoms with Gasteiger partial charge in [0.2, 0.25) is 0 Å². The molecule has 1 atom stereocenters. The molecule has 0 amide bonds. The maximum atomic E-state index is 12.9. The largest absolute Gasteiger partial charge is 0.416 e. The van der Waals surface area contributed by atoms with Crippen molar-refractivity contribution in [1.82, 2.24) is 4.98 Å². The van der Waals surface area contributed by atoms with E-state index in [1.165, 1.54) is 24.3 Å². The molecule has 2 N–H and O–H groups in total. The molecule has 6 heteroatoms. The van der Waals surface area contributed by atoms with E-state index in [4.69, 9.17) is 5.73 Å². The molecule has 2 rings (SSSR count). The summed E-state index contributed by atoms with van der Waals surface area (Å²) in [5, 5.41) is 0. The van der Waals surface area contributed by atoms with Crippen molar-refractivity contribution in [3.05, 3.63) is 65.0 Å². The van der Waals surface area contributed by atoms with Gasteiger partial charge < -0.3 is 5.73 Å². The number of hydrogen-bond donors (Lipinski definition) is 1. The van der Waals surface area contributed by atoms with Gasteiger partial charge in [0, 0.05) is 18.0 Å². The molecule has 1 aromatic carbocycles. The van der Waals surface area contributed by atoms with Crippen molar-refractivity contribution >= 4 is 0 Å². The first-order valence-electron chi connectivity index (χ1n) is 5.85. The quantitative estimate of drug-likeness (QED) is 0.874. The zero-order chi connectivity index (χ0) is 14.8. The minimum Gasteiger partial charge on any atom is -0.320 e. The third-order valence-electron chi connectivity index (χ3n) is 2.99. The molecule has 0 fully saturated rings. The van der Waals surface area contributed by atoms with Gasteiger partial charge in [-0.15, -0.1) is 0 Å². The molecule has 0 unspecified atom stereocenters. The van der Waals surface area contributed by atoms with E-state index < -0.39 is 24.5 Å². The van der Waals surface area contributed by atoms with Crippen LogP contribution in [0.2, 0.25) is 0 Å². The summed E-state index contributed by atoms with van der Waals surface area (Å²) in [5.74, 6) is 0. The highest BCUT2D eigenvalue weighted by molar-refractivity contribution is 5.37. The molecular formula is C14H12F4N2. The second kappa shape index (κ2) is 5.58. The smallest absolute Gasteiger partial charge is 0.320 e. The second-order valence-electron chi connectivity index (χ2n) is 4.31. The Morgan fingerprint density at radius 2 is 1.75 bits per heavy atom. The molecule has 0 spiro atoms. The molecule has 0 radical (unpaired) electrons. The second-order valence-corrected chi connectivity index (χ2v) is 4.31. The van der Waals surface area contributed by atoms with Gasteiger partial charge in [-0.1, -0.05) is 24.3 Å². The van der Waals surface area contributed by atoms with Crippen molar-refractivity contribution in [2.24, 2.45) is 5.73 Å². The first-order chi connectivity index (χ1) is 9.43. The lowest BCUT2D eigenvalue weighted by Gasteiger charge is -2.18. The van der Waals surface area contributed by atoms with Gasteiger partial charge in [0.15, 0.2) is 0 Å². The fraction of sp³-hybridized carbons (Fsp3) is 0.214. The third-order valence-corrected chi connectivity index (χ3v) is 2.99.